The van der Waals surface area contributed by atoms with Gasteiger partial charge in [-0.3, -0.25) is 9.69 Å². The fourth-order valence-corrected chi connectivity index (χ4v) is 3.64. The van der Waals surface area contributed by atoms with Crippen LogP contribution in [0.5, 0.6) is 5.75 Å². The van der Waals surface area contributed by atoms with E-state index in [-0.39, 0.29) is 5.91 Å². The van der Waals surface area contributed by atoms with Gasteiger partial charge in [-0.05, 0) is 46.6 Å². The number of methoxy groups -OCH3 is 1. The molecule has 1 heterocycles. The molecule has 1 aromatic rings. The maximum absolute atomic E-state index is 12.1. The second-order valence-corrected chi connectivity index (χ2v) is 6.35. The molecule has 0 atom stereocenters. The predicted molar refractivity (Wildman–Crippen MR) is 86.2 cm³/mol. The zero-order valence-corrected chi connectivity index (χ0v) is 13.7. The minimum absolute atomic E-state index is 0.0237. The zero-order chi connectivity index (χ0) is 14.0. The van der Waals surface area contributed by atoms with Crippen molar-refractivity contribution in [1.29, 1.82) is 0 Å². The highest BCUT2D eigenvalue weighted by atomic mass is 79.9. The van der Waals surface area contributed by atoms with Gasteiger partial charge in [0.15, 0.2) is 0 Å². The predicted octanol–water partition coefficient (Wildman–Crippen LogP) is 3.68. The number of nitrogens with zero attached hydrogens (tertiary/aromatic N) is 1. The molecule has 0 N–H and O–H groups in total. The molecule has 3 nitrogen and oxygen atoms in total. The van der Waals surface area contributed by atoms with Crippen molar-refractivity contribution >= 4 is 56.2 Å². The SMILES string of the molecule is CCN1C(=O)C(=Cc2ccc(OC)c(Br)c2)SC1=S. The van der Waals surface area contributed by atoms with Gasteiger partial charge in [-0.1, -0.05) is 30.0 Å². The van der Waals surface area contributed by atoms with Crippen LogP contribution < -0.4 is 4.74 Å². The van der Waals surface area contributed by atoms with Crippen LogP contribution in [0.1, 0.15) is 12.5 Å². The fourth-order valence-electron chi connectivity index (χ4n) is 1.70. The molecule has 0 radical (unpaired) electrons. The average Bonchev–Trinajstić information content (AvgIpc) is 2.64. The van der Waals surface area contributed by atoms with E-state index in [1.807, 2.05) is 31.2 Å². The summed E-state index contributed by atoms with van der Waals surface area (Å²) in [6, 6.07) is 5.68. The van der Waals surface area contributed by atoms with Crippen molar-refractivity contribution < 1.29 is 9.53 Å². The summed E-state index contributed by atoms with van der Waals surface area (Å²) in [7, 11) is 1.62. The first kappa shape index (κ1) is 14.6. The van der Waals surface area contributed by atoms with Gasteiger partial charge in [0.25, 0.3) is 5.91 Å². The van der Waals surface area contributed by atoms with Crippen LogP contribution in [0.2, 0.25) is 0 Å². The van der Waals surface area contributed by atoms with Crippen LogP contribution in [0, 0.1) is 0 Å². The number of hydrogen-bond donors (Lipinski definition) is 0. The minimum atomic E-state index is -0.0237. The van der Waals surface area contributed by atoms with E-state index in [2.05, 4.69) is 15.9 Å². The number of thiocarbonyl (C=S) groups is 1. The highest BCUT2D eigenvalue weighted by molar-refractivity contribution is 9.10. The summed E-state index contributed by atoms with van der Waals surface area (Å²) in [5.41, 5.74) is 0.935. The molecule has 2 rings (SSSR count). The summed E-state index contributed by atoms with van der Waals surface area (Å²) < 4.78 is 6.65. The first-order valence-electron chi connectivity index (χ1n) is 5.65. The summed E-state index contributed by atoms with van der Waals surface area (Å²) in [6.07, 6.45) is 1.85. The molecule has 1 aliphatic rings. The van der Waals surface area contributed by atoms with Crippen molar-refractivity contribution in [3.8, 4) is 5.75 Å². The second kappa shape index (κ2) is 6.07. The molecule has 0 aromatic heterocycles. The van der Waals surface area contributed by atoms with E-state index < -0.39 is 0 Å². The van der Waals surface area contributed by atoms with Gasteiger partial charge >= 0.3 is 0 Å². The molecule has 0 saturated carbocycles. The van der Waals surface area contributed by atoms with Gasteiger partial charge in [0.05, 0.1) is 16.5 Å². The molecule has 1 fully saturated rings. The van der Waals surface area contributed by atoms with Crippen molar-refractivity contribution in [3.05, 3.63) is 33.1 Å². The molecular weight excluding hydrogens is 346 g/mol. The maximum Gasteiger partial charge on any atom is 0.266 e. The van der Waals surface area contributed by atoms with Gasteiger partial charge in [0, 0.05) is 6.54 Å². The number of amides is 1. The second-order valence-electron chi connectivity index (χ2n) is 3.82. The van der Waals surface area contributed by atoms with E-state index in [4.69, 9.17) is 17.0 Å². The number of benzene rings is 1. The summed E-state index contributed by atoms with van der Waals surface area (Å²) >= 11 is 9.94. The number of thioether (sulfide) groups is 1. The summed E-state index contributed by atoms with van der Waals surface area (Å²) in [4.78, 5) is 14.3. The summed E-state index contributed by atoms with van der Waals surface area (Å²) in [6.45, 7) is 2.52. The average molecular weight is 358 g/mol. The summed E-state index contributed by atoms with van der Waals surface area (Å²) in [5.74, 6) is 0.739. The van der Waals surface area contributed by atoms with Crippen LogP contribution in [0.4, 0.5) is 0 Å². The van der Waals surface area contributed by atoms with Crippen molar-refractivity contribution in [2.24, 2.45) is 0 Å². The quantitative estimate of drug-likeness (QED) is 0.609. The Balaban J connectivity index is 2.30. The molecule has 0 spiro atoms. The third-order valence-electron chi connectivity index (χ3n) is 2.66. The van der Waals surface area contributed by atoms with Crippen molar-refractivity contribution in [2.75, 3.05) is 13.7 Å². The Bertz CT molecular complexity index is 572. The Morgan fingerprint density at radius 3 is 2.79 bits per heavy atom. The number of hydrogen-bond acceptors (Lipinski definition) is 4. The zero-order valence-electron chi connectivity index (χ0n) is 10.5. The molecule has 1 saturated heterocycles. The molecule has 0 unspecified atom stereocenters. The first-order chi connectivity index (χ1) is 9.06. The Labute approximate surface area is 130 Å². The monoisotopic (exact) mass is 357 g/mol. The van der Waals surface area contributed by atoms with Gasteiger partial charge in [-0.2, -0.15) is 0 Å². The smallest absolute Gasteiger partial charge is 0.266 e. The summed E-state index contributed by atoms with van der Waals surface area (Å²) in [5, 5.41) is 0. The highest BCUT2D eigenvalue weighted by Crippen LogP contribution is 2.33. The molecule has 1 aliphatic heterocycles. The molecule has 1 aromatic carbocycles. The molecule has 19 heavy (non-hydrogen) atoms. The van der Waals surface area contributed by atoms with Crippen LogP contribution in [-0.4, -0.2) is 28.8 Å². The standard InChI is InChI=1S/C13H12BrNO2S2/c1-3-15-12(16)11(19-13(15)18)7-8-4-5-10(17-2)9(14)6-8/h4-7H,3H2,1-2H3. The third-order valence-corrected chi connectivity index (χ3v) is 4.66. The molecular formula is C13H12BrNO2S2. The molecule has 6 heteroatoms. The first-order valence-corrected chi connectivity index (χ1v) is 7.67. The van der Waals surface area contributed by atoms with Crippen molar-refractivity contribution in [3.63, 3.8) is 0 Å². The van der Waals surface area contributed by atoms with Crippen LogP contribution in [0.15, 0.2) is 27.6 Å². The maximum atomic E-state index is 12.1. The normalized spacial score (nSPS) is 17.4. The van der Waals surface area contributed by atoms with Gasteiger partial charge in [-0.25, -0.2) is 0 Å². The van der Waals surface area contributed by atoms with Crippen LogP contribution in [-0.2, 0) is 4.79 Å². The van der Waals surface area contributed by atoms with Gasteiger partial charge in [0.2, 0.25) is 0 Å². The van der Waals surface area contributed by atoms with Crippen LogP contribution in [0.3, 0.4) is 0 Å². The van der Waals surface area contributed by atoms with Crippen molar-refractivity contribution in [1.82, 2.24) is 4.90 Å². The Morgan fingerprint density at radius 2 is 2.26 bits per heavy atom. The van der Waals surface area contributed by atoms with Crippen molar-refractivity contribution in [2.45, 2.75) is 6.92 Å². The number of rotatable bonds is 3. The van der Waals surface area contributed by atoms with E-state index in [1.165, 1.54) is 11.8 Å². The number of carbonyl (C=O) groups is 1. The van der Waals surface area contributed by atoms with E-state index >= 15 is 0 Å². The van der Waals surface area contributed by atoms with Gasteiger partial charge in [0.1, 0.15) is 10.1 Å². The van der Waals surface area contributed by atoms with Gasteiger partial charge < -0.3 is 4.74 Å². The van der Waals surface area contributed by atoms with E-state index in [0.29, 0.717) is 15.8 Å². The number of likely N-dealkylation sites (N-methyl/N-ethyl adjacent to an activating group) is 1. The lowest BCUT2D eigenvalue weighted by Gasteiger charge is -2.09. The molecule has 1 amide bonds. The molecule has 0 aliphatic carbocycles. The minimum Gasteiger partial charge on any atom is -0.496 e. The largest absolute Gasteiger partial charge is 0.496 e. The molecule has 100 valence electrons. The van der Waals surface area contributed by atoms with Crippen LogP contribution in [0.25, 0.3) is 6.08 Å². The Hall–Kier alpha value is -0.850. The number of carbonyl (C=O) groups excluding carboxylic acids is 1. The lowest BCUT2D eigenvalue weighted by Crippen LogP contribution is -2.27. The lowest BCUT2D eigenvalue weighted by molar-refractivity contribution is -0.121. The molecule has 0 bridgehead atoms. The Morgan fingerprint density at radius 1 is 1.53 bits per heavy atom. The van der Waals surface area contributed by atoms with Crippen LogP contribution >= 0.6 is 39.9 Å². The van der Waals surface area contributed by atoms with E-state index in [0.717, 1.165) is 15.8 Å². The Kier molecular flexibility index (Phi) is 4.65. The third kappa shape index (κ3) is 3.01. The van der Waals surface area contributed by atoms with Gasteiger partial charge in [-0.15, -0.1) is 0 Å². The van der Waals surface area contributed by atoms with E-state index in [1.54, 1.807) is 12.0 Å². The van der Waals surface area contributed by atoms with E-state index in [9.17, 15) is 4.79 Å². The fraction of sp³-hybridized carbons (Fsp3) is 0.231. The number of ether oxygens (including phenoxy) is 1. The highest BCUT2D eigenvalue weighted by Gasteiger charge is 2.30. The number of halogens is 1. The topological polar surface area (TPSA) is 29.5 Å². The lowest BCUT2D eigenvalue weighted by atomic mass is 10.2.